The molecule has 0 heterocycles. The largest absolute Gasteiger partial charge is 0.480 e. The lowest BCUT2D eigenvalue weighted by Gasteiger charge is -2.22. The molecule has 4 N–H and O–H groups in total. The van der Waals surface area contributed by atoms with E-state index in [2.05, 4.69) is 17.9 Å². The summed E-state index contributed by atoms with van der Waals surface area (Å²) in [7, 11) is 0. The lowest BCUT2D eigenvalue weighted by Crippen LogP contribution is -2.45. The summed E-state index contributed by atoms with van der Waals surface area (Å²) in [5.41, 5.74) is 4.67. The first-order valence-electron chi connectivity index (χ1n) is 4.78. The summed E-state index contributed by atoms with van der Waals surface area (Å²) in [5, 5.41) is 10.4. The van der Waals surface area contributed by atoms with E-state index >= 15 is 0 Å². The number of nitrogens with one attached hydrogen (secondary N) is 1. The third-order valence-electron chi connectivity index (χ3n) is 1.47. The van der Waals surface area contributed by atoms with Gasteiger partial charge in [0.25, 0.3) is 0 Å². The molecule has 6 nitrogen and oxygen atoms in total. The summed E-state index contributed by atoms with van der Waals surface area (Å²) < 4.78 is 4.92. The Bertz CT molecular complexity index is 263. The van der Waals surface area contributed by atoms with Crippen molar-refractivity contribution in [2.45, 2.75) is 44.2 Å². The minimum absolute atomic E-state index is 0.0255. The second-order valence-corrected chi connectivity index (χ2v) is 5.00. The molecule has 2 unspecified atom stereocenters. The molecular formula is C9H18N2O4S. The Labute approximate surface area is 99.9 Å². The van der Waals surface area contributed by atoms with E-state index in [1.807, 2.05) is 0 Å². The lowest BCUT2D eigenvalue weighted by atomic mass is 10.2. The van der Waals surface area contributed by atoms with Gasteiger partial charge in [-0.3, -0.25) is 0 Å². The summed E-state index contributed by atoms with van der Waals surface area (Å²) in [6.07, 6.45) is -0.758. The number of rotatable bonds is 4. The Hall–Kier alpha value is -0.950. The van der Waals surface area contributed by atoms with E-state index in [0.717, 1.165) is 0 Å². The Morgan fingerprint density at radius 1 is 1.50 bits per heavy atom. The Morgan fingerprint density at radius 2 is 2.00 bits per heavy atom. The van der Waals surface area contributed by atoms with Gasteiger partial charge in [-0.25, -0.2) is 9.59 Å². The summed E-state index contributed by atoms with van der Waals surface area (Å²) in [4.78, 5) is 22.1. The topological polar surface area (TPSA) is 102 Å². The van der Waals surface area contributed by atoms with Gasteiger partial charge in [0.05, 0.1) is 5.37 Å². The maximum Gasteiger partial charge on any atom is 0.408 e. The molecule has 0 radical (unpaired) electrons. The van der Waals surface area contributed by atoms with Crippen molar-refractivity contribution < 1.29 is 19.4 Å². The van der Waals surface area contributed by atoms with Gasteiger partial charge in [-0.05, 0) is 20.8 Å². The molecule has 0 aromatic heterocycles. The molecule has 0 aliphatic heterocycles. The number of hydrogen-bond acceptors (Lipinski definition) is 5. The van der Waals surface area contributed by atoms with E-state index in [1.54, 1.807) is 20.8 Å². The molecular weight excluding hydrogens is 232 g/mol. The second-order valence-electron chi connectivity index (χ2n) is 4.34. The SMILES string of the molecule is CC(C)(C)OC(=O)NC(CC(N)S)C(=O)O. The van der Waals surface area contributed by atoms with Gasteiger partial charge in [0.2, 0.25) is 0 Å². The summed E-state index contributed by atoms with van der Waals surface area (Å²) in [6, 6.07) is -1.10. The Morgan fingerprint density at radius 3 is 2.31 bits per heavy atom. The number of carbonyl (C=O) groups excluding carboxylic acids is 1. The molecule has 0 aliphatic rings. The van der Waals surface area contributed by atoms with Gasteiger partial charge >= 0.3 is 12.1 Å². The highest BCUT2D eigenvalue weighted by molar-refractivity contribution is 7.80. The molecule has 0 aromatic carbocycles. The zero-order chi connectivity index (χ0) is 12.9. The van der Waals surface area contributed by atoms with Gasteiger partial charge in [-0.15, -0.1) is 0 Å². The van der Waals surface area contributed by atoms with Crippen molar-refractivity contribution in [2.75, 3.05) is 0 Å². The van der Waals surface area contributed by atoms with E-state index in [-0.39, 0.29) is 6.42 Å². The fourth-order valence-corrected chi connectivity index (χ4v) is 1.12. The number of amides is 1. The summed E-state index contributed by atoms with van der Waals surface area (Å²) in [6.45, 7) is 5.06. The van der Waals surface area contributed by atoms with E-state index in [4.69, 9.17) is 15.6 Å². The Kier molecular flexibility index (Phi) is 5.60. The zero-order valence-electron chi connectivity index (χ0n) is 9.56. The number of ether oxygens (including phenoxy) is 1. The normalized spacial score (nSPS) is 15.1. The number of aliphatic carboxylic acids is 1. The molecule has 0 saturated heterocycles. The van der Waals surface area contributed by atoms with Crippen molar-refractivity contribution in [1.29, 1.82) is 0 Å². The quantitative estimate of drug-likeness (QED) is 0.431. The fourth-order valence-electron chi connectivity index (χ4n) is 0.913. The van der Waals surface area contributed by atoms with Crippen molar-refractivity contribution in [3.8, 4) is 0 Å². The van der Waals surface area contributed by atoms with Crippen LogP contribution in [0, 0.1) is 0 Å². The molecule has 7 heteroatoms. The van der Waals surface area contributed by atoms with Crippen LogP contribution < -0.4 is 11.1 Å². The molecule has 0 fully saturated rings. The number of carbonyl (C=O) groups is 2. The van der Waals surface area contributed by atoms with E-state index in [0.29, 0.717) is 0 Å². The first kappa shape index (κ1) is 15.0. The first-order valence-corrected chi connectivity index (χ1v) is 5.29. The highest BCUT2D eigenvalue weighted by Gasteiger charge is 2.24. The van der Waals surface area contributed by atoms with Crippen LogP contribution >= 0.6 is 12.6 Å². The molecule has 0 bridgehead atoms. The molecule has 0 rings (SSSR count). The van der Waals surface area contributed by atoms with Crippen LogP contribution in [-0.4, -0.2) is 34.2 Å². The molecule has 94 valence electrons. The van der Waals surface area contributed by atoms with Gasteiger partial charge in [0, 0.05) is 6.42 Å². The van der Waals surface area contributed by atoms with Crippen molar-refractivity contribution in [1.82, 2.24) is 5.32 Å². The molecule has 1 amide bonds. The number of thiol groups is 1. The smallest absolute Gasteiger partial charge is 0.408 e. The van der Waals surface area contributed by atoms with E-state index < -0.39 is 29.1 Å². The van der Waals surface area contributed by atoms with Gasteiger partial charge < -0.3 is 20.9 Å². The lowest BCUT2D eigenvalue weighted by molar-refractivity contribution is -0.139. The van der Waals surface area contributed by atoms with Crippen molar-refractivity contribution in [2.24, 2.45) is 5.73 Å². The van der Waals surface area contributed by atoms with Crippen LogP contribution in [0.5, 0.6) is 0 Å². The van der Waals surface area contributed by atoms with Crippen molar-refractivity contribution in [3.63, 3.8) is 0 Å². The maximum atomic E-state index is 11.3. The van der Waals surface area contributed by atoms with Gasteiger partial charge in [0.1, 0.15) is 11.6 Å². The highest BCUT2D eigenvalue weighted by Crippen LogP contribution is 2.08. The monoisotopic (exact) mass is 250 g/mol. The van der Waals surface area contributed by atoms with Crippen molar-refractivity contribution in [3.05, 3.63) is 0 Å². The van der Waals surface area contributed by atoms with Crippen LogP contribution in [0.2, 0.25) is 0 Å². The number of carboxylic acids is 1. The number of nitrogens with two attached hydrogens (primary N) is 1. The molecule has 0 aromatic rings. The minimum atomic E-state index is -1.17. The van der Waals surface area contributed by atoms with Crippen LogP contribution in [0.3, 0.4) is 0 Å². The average molecular weight is 250 g/mol. The third kappa shape index (κ3) is 7.36. The van der Waals surface area contributed by atoms with Gasteiger partial charge in [-0.1, -0.05) is 0 Å². The molecule has 0 saturated carbocycles. The maximum absolute atomic E-state index is 11.3. The molecule has 16 heavy (non-hydrogen) atoms. The van der Waals surface area contributed by atoms with Crippen LogP contribution in [0.15, 0.2) is 0 Å². The Balaban J connectivity index is 4.30. The predicted octanol–water partition coefficient (Wildman–Crippen LogP) is 0.569. The molecule has 0 spiro atoms. The molecule has 0 aliphatic carbocycles. The highest BCUT2D eigenvalue weighted by atomic mass is 32.1. The standard InChI is InChI=1S/C9H18N2O4S/c1-9(2,3)15-8(14)11-5(7(12)13)4-6(10)16/h5-6,16H,4,10H2,1-3H3,(H,11,14)(H,12,13). The zero-order valence-corrected chi connectivity index (χ0v) is 10.5. The average Bonchev–Trinajstić information content (AvgIpc) is 1.97. The van der Waals surface area contributed by atoms with Crippen molar-refractivity contribution >= 4 is 24.7 Å². The molecule has 2 atom stereocenters. The van der Waals surface area contributed by atoms with Gasteiger partial charge in [-0.2, -0.15) is 12.6 Å². The number of alkyl carbamates (subject to hydrolysis) is 1. The summed E-state index contributed by atoms with van der Waals surface area (Å²) in [5.74, 6) is -1.17. The number of hydrogen-bond donors (Lipinski definition) is 4. The number of carboxylic acid groups (broad SMARTS) is 1. The fraction of sp³-hybridized carbons (Fsp3) is 0.778. The van der Waals surface area contributed by atoms with Crippen LogP contribution in [0.25, 0.3) is 0 Å². The minimum Gasteiger partial charge on any atom is -0.480 e. The third-order valence-corrected chi connectivity index (χ3v) is 1.68. The van der Waals surface area contributed by atoms with E-state index in [9.17, 15) is 9.59 Å². The van der Waals surface area contributed by atoms with Crippen LogP contribution in [-0.2, 0) is 9.53 Å². The van der Waals surface area contributed by atoms with E-state index in [1.165, 1.54) is 0 Å². The van der Waals surface area contributed by atoms with Crippen LogP contribution in [0.4, 0.5) is 4.79 Å². The van der Waals surface area contributed by atoms with Crippen LogP contribution in [0.1, 0.15) is 27.2 Å². The predicted molar refractivity (Wildman–Crippen MR) is 62.4 cm³/mol. The summed E-state index contributed by atoms with van der Waals surface area (Å²) >= 11 is 3.86. The van der Waals surface area contributed by atoms with Gasteiger partial charge in [0.15, 0.2) is 0 Å². The first-order chi connectivity index (χ1) is 7.11. The second kappa shape index (κ2) is 5.95.